The predicted octanol–water partition coefficient (Wildman–Crippen LogP) is 5.28. The van der Waals surface area contributed by atoms with Crippen molar-refractivity contribution in [1.29, 1.82) is 0 Å². The Bertz CT molecular complexity index is 1480. The third-order valence-electron chi connectivity index (χ3n) is 6.46. The third-order valence-corrected chi connectivity index (χ3v) is 7.35. The van der Waals surface area contributed by atoms with Crippen LogP contribution in [-0.2, 0) is 20.9 Å². The molecule has 0 aliphatic carbocycles. The largest absolute Gasteiger partial charge is 0.493 e. The first kappa shape index (κ1) is 27.1. The molecule has 9 nitrogen and oxygen atoms in total. The number of carbonyl (C=O) groups excluding carboxylic acids is 2. The van der Waals surface area contributed by atoms with Crippen LogP contribution in [0.3, 0.4) is 0 Å². The maximum absolute atomic E-state index is 13.6. The van der Waals surface area contributed by atoms with Gasteiger partial charge < -0.3 is 28.8 Å². The van der Waals surface area contributed by atoms with Crippen molar-refractivity contribution in [2.75, 3.05) is 20.8 Å². The molecule has 0 fully saturated rings. The van der Waals surface area contributed by atoms with E-state index < -0.39 is 12.0 Å². The topological polar surface area (TPSA) is 103 Å². The first-order chi connectivity index (χ1) is 19.5. The van der Waals surface area contributed by atoms with Gasteiger partial charge in [0.2, 0.25) is 5.91 Å². The Balaban J connectivity index is 1.59. The van der Waals surface area contributed by atoms with E-state index in [0.717, 1.165) is 11.1 Å². The van der Waals surface area contributed by atoms with Crippen molar-refractivity contribution in [3.8, 4) is 11.5 Å². The summed E-state index contributed by atoms with van der Waals surface area (Å²) in [7, 11) is 3.13. The maximum atomic E-state index is 13.6. The molecule has 5 rings (SSSR count). The van der Waals surface area contributed by atoms with Crippen molar-refractivity contribution < 1.29 is 28.2 Å². The Hall–Kier alpha value is -4.44. The van der Waals surface area contributed by atoms with E-state index in [9.17, 15) is 9.59 Å². The number of ether oxygens (including phenoxy) is 3. The summed E-state index contributed by atoms with van der Waals surface area (Å²) in [5.41, 5.74) is 3.14. The summed E-state index contributed by atoms with van der Waals surface area (Å²) in [5, 5.41) is 5.45. The van der Waals surface area contributed by atoms with Crippen LogP contribution in [0.1, 0.15) is 36.3 Å². The summed E-state index contributed by atoms with van der Waals surface area (Å²) in [6, 6.07) is 18.0. The van der Waals surface area contributed by atoms with Crippen molar-refractivity contribution in [2.24, 2.45) is 4.99 Å². The summed E-state index contributed by atoms with van der Waals surface area (Å²) < 4.78 is 21.9. The number of thioether (sulfide) groups is 1. The smallest absolute Gasteiger partial charge is 0.338 e. The number of nitrogens with zero attached hydrogens (tertiary/aromatic N) is 2. The van der Waals surface area contributed by atoms with Gasteiger partial charge >= 0.3 is 5.97 Å². The monoisotopic (exact) mass is 559 g/mol. The molecule has 1 atom stereocenters. The van der Waals surface area contributed by atoms with Crippen molar-refractivity contribution in [2.45, 2.75) is 25.9 Å². The Morgan fingerprint density at radius 2 is 1.85 bits per heavy atom. The summed E-state index contributed by atoms with van der Waals surface area (Å²) in [4.78, 5) is 33.5. The highest BCUT2D eigenvalue weighted by Gasteiger charge is 2.42. The molecule has 1 N–H and O–H groups in total. The van der Waals surface area contributed by atoms with Gasteiger partial charge in [0.15, 0.2) is 16.7 Å². The lowest BCUT2D eigenvalue weighted by atomic mass is 9.91. The second-order valence-electron chi connectivity index (χ2n) is 8.89. The molecule has 40 heavy (non-hydrogen) atoms. The maximum Gasteiger partial charge on any atom is 0.338 e. The van der Waals surface area contributed by atoms with E-state index in [0.29, 0.717) is 39.4 Å². The fourth-order valence-electron chi connectivity index (χ4n) is 4.65. The van der Waals surface area contributed by atoms with Gasteiger partial charge in [-0.2, -0.15) is 0 Å². The quantitative estimate of drug-likeness (QED) is 0.335. The number of benzene rings is 2. The molecule has 0 saturated heterocycles. The molecule has 0 bridgehead atoms. The average molecular weight is 560 g/mol. The number of furan rings is 1. The van der Waals surface area contributed by atoms with E-state index >= 15 is 0 Å². The molecular weight excluding hydrogens is 530 g/mol. The molecule has 2 aliphatic rings. The molecule has 0 saturated carbocycles. The van der Waals surface area contributed by atoms with Crippen LogP contribution in [0.4, 0.5) is 0 Å². The minimum atomic E-state index is -0.638. The lowest BCUT2D eigenvalue weighted by molar-refractivity contribution is -0.139. The molecule has 2 aliphatic heterocycles. The first-order valence-electron chi connectivity index (χ1n) is 12.7. The van der Waals surface area contributed by atoms with E-state index in [2.05, 4.69) is 5.32 Å². The Morgan fingerprint density at radius 1 is 1.05 bits per heavy atom. The highest BCUT2D eigenvalue weighted by Crippen LogP contribution is 2.48. The minimum Gasteiger partial charge on any atom is -0.493 e. The van der Waals surface area contributed by atoms with E-state index in [1.54, 1.807) is 45.6 Å². The van der Waals surface area contributed by atoms with E-state index in [1.807, 2.05) is 52.8 Å². The number of hydrogen-bond acceptors (Lipinski definition) is 9. The number of carbonyl (C=O) groups is 2. The molecule has 2 aromatic carbocycles. The molecule has 3 heterocycles. The van der Waals surface area contributed by atoms with Gasteiger partial charge in [-0.25, -0.2) is 9.79 Å². The van der Waals surface area contributed by atoms with Gasteiger partial charge in [0.1, 0.15) is 5.76 Å². The highest BCUT2D eigenvalue weighted by molar-refractivity contribution is 8.16. The molecule has 206 valence electrons. The van der Waals surface area contributed by atoms with Crippen LogP contribution in [0.5, 0.6) is 11.5 Å². The molecule has 0 spiro atoms. The van der Waals surface area contributed by atoms with E-state index in [-0.39, 0.29) is 25.5 Å². The Labute approximate surface area is 236 Å². The fraction of sp³-hybridized carbons (Fsp3) is 0.233. The number of aliphatic imine (C=N–C) groups is 1. The van der Waals surface area contributed by atoms with Crippen LogP contribution in [0.25, 0.3) is 5.70 Å². The van der Waals surface area contributed by atoms with Gasteiger partial charge in [0, 0.05) is 11.3 Å². The number of hydrogen-bond donors (Lipinski definition) is 1. The lowest BCUT2D eigenvalue weighted by Crippen LogP contribution is -2.38. The van der Waals surface area contributed by atoms with Crippen LogP contribution in [-0.4, -0.2) is 42.8 Å². The van der Waals surface area contributed by atoms with Gasteiger partial charge in [-0.15, -0.1) is 0 Å². The summed E-state index contributed by atoms with van der Waals surface area (Å²) >= 11 is 1.41. The normalized spacial score (nSPS) is 16.2. The number of methoxy groups -OCH3 is 2. The number of rotatable bonds is 10. The molecule has 1 unspecified atom stereocenters. The minimum absolute atomic E-state index is 0.0767. The molecular formula is C30H29N3O6S. The van der Waals surface area contributed by atoms with Gasteiger partial charge in [0.05, 0.1) is 57.4 Å². The van der Waals surface area contributed by atoms with Crippen LogP contribution >= 0.6 is 11.8 Å². The lowest BCUT2D eigenvalue weighted by Gasteiger charge is -2.37. The van der Waals surface area contributed by atoms with Crippen molar-refractivity contribution in [3.63, 3.8) is 0 Å². The molecule has 10 heteroatoms. The van der Waals surface area contributed by atoms with Crippen LogP contribution in [0, 0.1) is 0 Å². The summed E-state index contributed by atoms with van der Waals surface area (Å²) in [5.74, 6) is 1.06. The second kappa shape index (κ2) is 12.2. The second-order valence-corrected chi connectivity index (χ2v) is 9.73. The number of amides is 1. The average Bonchev–Trinajstić information content (AvgIpc) is 3.65. The van der Waals surface area contributed by atoms with Gasteiger partial charge in [-0.05, 0) is 42.2 Å². The summed E-state index contributed by atoms with van der Waals surface area (Å²) in [6.07, 6.45) is 1.64. The number of nitrogens with one attached hydrogen (secondary N) is 1. The van der Waals surface area contributed by atoms with Gasteiger partial charge in [-0.1, -0.05) is 48.2 Å². The Kier molecular flexibility index (Phi) is 8.26. The van der Waals surface area contributed by atoms with Gasteiger partial charge in [0.25, 0.3) is 0 Å². The molecule has 0 radical (unpaired) electrons. The van der Waals surface area contributed by atoms with Crippen molar-refractivity contribution in [3.05, 3.63) is 100 Å². The number of esters is 1. The first-order valence-corrected chi connectivity index (χ1v) is 13.6. The highest BCUT2D eigenvalue weighted by atomic mass is 32.2. The number of amidine groups is 1. The van der Waals surface area contributed by atoms with Gasteiger partial charge in [-0.3, -0.25) is 4.79 Å². The molecule has 3 aromatic rings. The molecule has 1 aromatic heterocycles. The Morgan fingerprint density at radius 3 is 2.55 bits per heavy atom. The van der Waals surface area contributed by atoms with Crippen molar-refractivity contribution >= 4 is 34.5 Å². The third kappa shape index (κ3) is 5.48. The van der Waals surface area contributed by atoms with E-state index in [1.165, 1.54) is 11.8 Å². The fourth-order valence-corrected chi connectivity index (χ4v) is 5.57. The van der Waals surface area contributed by atoms with Crippen LogP contribution < -0.4 is 14.8 Å². The van der Waals surface area contributed by atoms with Crippen LogP contribution in [0.2, 0.25) is 0 Å². The predicted molar refractivity (Wildman–Crippen MR) is 152 cm³/mol. The zero-order chi connectivity index (χ0) is 28.1. The molecule has 1 amide bonds. The van der Waals surface area contributed by atoms with Crippen molar-refractivity contribution in [1.82, 2.24) is 10.2 Å². The van der Waals surface area contributed by atoms with E-state index in [4.69, 9.17) is 23.6 Å². The summed E-state index contributed by atoms with van der Waals surface area (Å²) in [6.45, 7) is 2.24. The SMILES string of the molecule is CCOC(=O)C1=C(c2ccccc2)N=C2SC=C(CC(=O)NCc3ccco3)N2C1c1ccc(OC)c(OC)c1. The standard InChI is InChI=1S/C30H29N3O6S/c1-4-38-29(35)26-27(19-9-6-5-7-10-19)32-30-33(28(26)20-12-13-23(36-2)24(15-20)37-3)21(18-40-30)16-25(34)31-17-22-11-8-14-39-22/h5-15,18,28H,4,16-17H2,1-3H3,(H,31,34). The number of fused-ring (bicyclic) bond motifs is 1. The zero-order valence-corrected chi connectivity index (χ0v) is 23.2. The van der Waals surface area contributed by atoms with Crippen LogP contribution in [0.15, 0.2) is 93.0 Å². The zero-order valence-electron chi connectivity index (χ0n) is 22.4.